The molecule has 3 N–H and O–H groups in total. The van der Waals surface area contributed by atoms with Gasteiger partial charge in [0.15, 0.2) is 0 Å². The monoisotopic (exact) mass is 277 g/mol. The summed E-state index contributed by atoms with van der Waals surface area (Å²) in [5, 5.41) is 9.04. The van der Waals surface area contributed by atoms with Gasteiger partial charge in [0.2, 0.25) is 0 Å². The van der Waals surface area contributed by atoms with Gasteiger partial charge < -0.3 is 15.7 Å². The second-order valence-electron chi connectivity index (χ2n) is 5.40. The number of nitrogens with two attached hydrogens (primary N) is 1. The highest BCUT2D eigenvalue weighted by molar-refractivity contribution is 5.95. The maximum absolute atomic E-state index is 12.6. The van der Waals surface area contributed by atoms with Gasteiger partial charge in [0.05, 0.1) is 0 Å². The van der Waals surface area contributed by atoms with Crippen LogP contribution in [0.4, 0.5) is 5.82 Å². The second kappa shape index (κ2) is 6.70. The lowest BCUT2D eigenvalue weighted by molar-refractivity contribution is 0.0653. The van der Waals surface area contributed by atoms with Gasteiger partial charge in [-0.1, -0.05) is 6.92 Å². The number of carbonyl (C=O) groups is 1. The third kappa shape index (κ3) is 3.48. The number of aromatic nitrogens is 1. The number of hydrogen-bond acceptors (Lipinski definition) is 4. The highest BCUT2D eigenvalue weighted by Crippen LogP contribution is 2.21. The van der Waals surface area contributed by atoms with Crippen LogP contribution in [0.2, 0.25) is 0 Å². The number of amides is 1. The molecule has 5 heteroatoms. The molecule has 1 fully saturated rings. The summed E-state index contributed by atoms with van der Waals surface area (Å²) in [7, 11) is 0. The Morgan fingerprint density at radius 2 is 2.35 bits per heavy atom. The highest BCUT2D eigenvalue weighted by Gasteiger charge is 2.24. The van der Waals surface area contributed by atoms with E-state index in [0.29, 0.717) is 17.3 Å². The molecule has 20 heavy (non-hydrogen) atoms. The zero-order valence-corrected chi connectivity index (χ0v) is 12.0. The van der Waals surface area contributed by atoms with Gasteiger partial charge in [-0.15, -0.1) is 0 Å². The normalized spacial score (nSPS) is 19.1. The number of aliphatic hydroxyl groups excluding tert-OH is 1. The maximum Gasteiger partial charge on any atom is 0.254 e. The van der Waals surface area contributed by atoms with Crippen molar-refractivity contribution in [2.45, 2.75) is 32.6 Å². The molecule has 1 unspecified atom stereocenters. The van der Waals surface area contributed by atoms with Crippen LogP contribution in [0, 0.1) is 5.92 Å². The largest absolute Gasteiger partial charge is 0.396 e. The van der Waals surface area contributed by atoms with E-state index >= 15 is 0 Å². The minimum Gasteiger partial charge on any atom is -0.396 e. The summed E-state index contributed by atoms with van der Waals surface area (Å²) in [5.74, 6) is 0.829. The number of aryl methyl sites for hydroxylation is 1. The molecule has 0 aromatic carbocycles. The molecule has 1 aliphatic rings. The van der Waals surface area contributed by atoms with E-state index < -0.39 is 0 Å². The average Bonchev–Trinajstić information content (AvgIpc) is 2.46. The van der Waals surface area contributed by atoms with Crippen LogP contribution in [0.3, 0.4) is 0 Å². The van der Waals surface area contributed by atoms with Gasteiger partial charge in [0.25, 0.3) is 5.91 Å². The van der Waals surface area contributed by atoms with E-state index in [-0.39, 0.29) is 12.5 Å². The van der Waals surface area contributed by atoms with Crippen LogP contribution in [-0.2, 0) is 6.42 Å². The van der Waals surface area contributed by atoms with Crippen LogP contribution in [0.5, 0.6) is 0 Å². The standard InChI is InChI=1S/C15H23N3O2/c1-2-13-8-12(9-14(16)17-13)15(20)18-6-3-4-11(10-18)5-7-19/h8-9,11,19H,2-7,10H2,1H3,(H2,16,17). The Morgan fingerprint density at radius 3 is 3.05 bits per heavy atom. The van der Waals surface area contributed by atoms with Crippen LogP contribution in [0.25, 0.3) is 0 Å². The number of anilines is 1. The van der Waals surface area contributed by atoms with Crippen LogP contribution in [0.1, 0.15) is 42.2 Å². The maximum atomic E-state index is 12.6. The summed E-state index contributed by atoms with van der Waals surface area (Å²) in [5.41, 5.74) is 7.23. The lowest BCUT2D eigenvalue weighted by Gasteiger charge is -2.32. The number of likely N-dealkylation sites (tertiary alicyclic amines) is 1. The number of pyridine rings is 1. The molecular formula is C15H23N3O2. The summed E-state index contributed by atoms with van der Waals surface area (Å²) in [6, 6.07) is 3.48. The first-order valence-electron chi connectivity index (χ1n) is 7.30. The quantitative estimate of drug-likeness (QED) is 0.873. The van der Waals surface area contributed by atoms with Crippen molar-refractivity contribution in [3.05, 3.63) is 23.4 Å². The molecule has 0 radical (unpaired) electrons. The molecule has 1 aromatic heterocycles. The SMILES string of the molecule is CCc1cc(C(=O)N2CCCC(CCO)C2)cc(N)n1. The summed E-state index contributed by atoms with van der Waals surface area (Å²) >= 11 is 0. The Balaban J connectivity index is 2.12. The Morgan fingerprint density at radius 1 is 1.55 bits per heavy atom. The van der Waals surface area contributed by atoms with Crippen molar-refractivity contribution in [2.75, 3.05) is 25.4 Å². The number of piperidine rings is 1. The van der Waals surface area contributed by atoms with Crippen molar-refractivity contribution in [2.24, 2.45) is 5.92 Å². The molecule has 1 atom stereocenters. The number of rotatable bonds is 4. The van der Waals surface area contributed by atoms with E-state index in [0.717, 1.165) is 44.5 Å². The molecule has 0 saturated carbocycles. The fourth-order valence-corrected chi connectivity index (χ4v) is 2.77. The Hall–Kier alpha value is -1.62. The fraction of sp³-hybridized carbons (Fsp3) is 0.600. The zero-order valence-electron chi connectivity index (χ0n) is 12.0. The van der Waals surface area contributed by atoms with Crippen molar-refractivity contribution >= 4 is 11.7 Å². The summed E-state index contributed by atoms with van der Waals surface area (Å²) in [6.45, 7) is 3.69. The van der Waals surface area contributed by atoms with E-state index in [4.69, 9.17) is 10.8 Å². The lowest BCUT2D eigenvalue weighted by atomic mass is 9.94. The van der Waals surface area contributed by atoms with Crippen molar-refractivity contribution < 1.29 is 9.90 Å². The second-order valence-corrected chi connectivity index (χ2v) is 5.40. The first-order valence-corrected chi connectivity index (χ1v) is 7.30. The smallest absolute Gasteiger partial charge is 0.254 e. The molecule has 1 saturated heterocycles. The Bertz CT molecular complexity index is 474. The predicted octanol–water partition coefficient (Wildman–Crippen LogP) is 1.46. The molecule has 2 rings (SSSR count). The zero-order chi connectivity index (χ0) is 14.5. The minimum absolute atomic E-state index is 0.0245. The van der Waals surface area contributed by atoms with Crippen LogP contribution in [0.15, 0.2) is 12.1 Å². The number of nitrogen functional groups attached to an aromatic ring is 1. The Labute approximate surface area is 119 Å². The highest BCUT2D eigenvalue weighted by atomic mass is 16.3. The molecule has 5 nitrogen and oxygen atoms in total. The van der Waals surface area contributed by atoms with Gasteiger partial charge in [0.1, 0.15) is 5.82 Å². The van der Waals surface area contributed by atoms with E-state index in [1.165, 1.54) is 0 Å². The van der Waals surface area contributed by atoms with E-state index in [2.05, 4.69) is 4.98 Å². The predicted molar refractivity (Wildman–Crippen MR) is 78.4 cm³/mol. The number of carbonyl (C=O) groups excluding carboxylic acids is 1. The summed E-state index contributed by atoms with van der Waals surface area (Å²) in [4.78, 5) is 18.6. The number of nitrogens with zero attached hydrogens (tertiary/aromatic N) is 2. The van der Waals surface area contributed by atoms with Crippen molar-refractivity contribution in [3.63, 3.8) is 0 Å². The van der Waals surface area contributed by atoms with Crippen LogP contribution >= 0.6 is 0 Å². The summed E-state index contributed by atoms with van der Waals surface area (Å²) in [6.07, 6.45) is 3.61. The van der Waals surface area contributed by atoms with Crippen molar-refractivity contribution in [1.82, 2.24) is 9.88 Å². The van der Waals surface area contributed by atoms with E-state index in [1.54, 1.807) is 6.07 Å². The van der Waals surface area contributed by atoms with Crippen molar-refractivity contribution in [1.29, 1.82) is 0 Å². The minimum atomic E-state index is 0.0245. The molecule has 1 aliphatic heterocycles. The number of aliphatic hydroxyl groups is 1. The van der Waals surface area contributed by atoms with Gasteiger partial charge in [-0.3, -0.25) is 4.79 Å². The van der Waals surface area contributed by atoms with Gasteiger partial charge in [-0.05, 0) is 43.7 Å². The third-order valence-corrected chi connectivity index (χ3v) is 3.85. The molecule has 2 heterocycles. The molecule has 0 spiro atoms. The molecule has 110 valence electrons. The third-order valence-electron chi connectivity index (χ3n) is 3.85. The number of hydrogen-bond donors (Lipinski definition) is 2. The van der Waals surface area contributed by atoms with Gasteiger partial charge in [-0.2, -0.15) is 0 Å². The van der Waals surface area contributed by atoms with Crippen LogP contribution in [-0.4, -0.2) is 40.6 Å². The van der Waals surface area contributed by atoms with Gasteiger partial charge in [0, 0.05) is 31.0 Å². The van der Waals surface area contributed by atoms with Gasteiger partial charge >= 0.3 is 0 Å². The summed E-state index contributed by atoms with van der Waals surface area (Å²) < 4.78 is 0. The fourth-order valence-electron chi connectivity index (χ4n) is 2.77. The first kappa shape index (κ1) is 14.8. The van der Waals surface area contributed by atoms with E-state index in [9.17, 15) is 4.79 Å². The molecule has 0 aliphatic carbocycles. The first-order chi connectivity index (χ1) is 9.63. The van der Waals surface area contributed by atoms with Gasteiger partial charge in [-0.25, -0.2) is 4.98 Å². The molecule has 1 amide bonds. The molecule has 1 aromatic rings. The molecule has 0 bridgehead atoms. The van der Waals surface area contributed by atoms with Crippen LogP contribution < -0.4 is 5.73 Å². The molecular weight excluding hydrogens is 254 g/mol. The van der Waals surface area contributed by atoms with E-state index in [1.807, 2.05) is 17.9 Å². The topological polar surface area (TPSA) is 79.5 Å². The Kier molecular flexibility index (Phi) is 4.95. The lowest BCUT2D eigenvalue weighted by Crippen LogP contribution is -2.40. The van der Waals surface area contributed by atoms with Crippen molar-refractivity contribution in [3.8, 4) is 0 Å². The average molecular weight is 277 g/mol.